The van der Waals surface area contributed by atoms with Gasteiger partial charge < -0.3 is 30.2 Å². The molecular formula is C43H45FN8O4. The summed E-state index contributed by atoms with van der Waals surface area (Å²) in [6.07, 6.45) is 9.18. The summed E-state index contributed by atoms with van der Waals surface area (Å²) < 4.78 is 18.0. The van der Waals surface area contributed by atoms with Crippen LogP contribution in [0.4, 0.5) is 9.18 Å². The van der Waals surface area contributed by atoms with E-state index in [1.807, 2.05) is 6.20 Å². The molecule has 4 heterocycles. The lowest BCUT2D eigenvalue weighted by atomic mass is 9.78. The van der Waals surface area contributed by atoms with Crippen LogP contribution in [0.15, 0.2) is 91.4 Å². The van der Waals surface area contributed by atoms with Crippen LogP contribution in [-0.4, -0.2) is 67.4 Å². The Kier molecular flexibility index (Phi) is 10.2. The van der Waals surface area contributed by atoms with Crippen LogP contribution in [0.1, 0.15) is 68.2 Å². The molecule has 5 aromatic rings. The van der Waals surface area contributed by atoms with Crippen molar-refractivity contribution in [1.29, 1.82) is 0 Å². The normalized spacial score (nSPS) is 21.8. The summed E-state index contributed by atoms with van der Waals surface area (Å²) >= 11 is 0. The van der Waals surface area contributed by atoms with Crippen LogP contribution in [0.5, 0.6) is 0 Å². The Bertz CT molecular complexity index is 2230. The quantitative estimate of drug-likeness (QED) is 0.0829. The number of hydrogen-bond acceptors (Lipinski definition) is 7. The van der Waals surface area contributed by atoms with E-state index in [0.717, 1.165) is 77.1 Å². The lowest BCUT2D eigenvalue weighted by Gasteiger charge is -2.28. The minimum absolute atomic E-state index is 0.0172. The van der Waals surface area contributed by atoms with Crippen LogP contribution < -0.4 is 10.6 Å². The number of amides is 3. The first kappa shape index (κ1) is 36.8. The van der Waals surface area contributed by atoms with Crippen molar-refractivity contribution in [3.05, 3.63) is 115 Å². The lowest BCUT2D eigenvalue weighted by Crippen LogP contribution is -2.49. The summed E-state index contributed by atoms with van der Waals surface area (Å²) in [5.74, 6) is 1.42. The topological polar surface area (TPSA) is 158 Å². The number of aromatic amines is 2. The Morgan fingerprint density at radius 3 is 2.11 bits per heavy atom. The molecular weight excluding hydrogens is 712 g/mol. The van der Waals surface area contributed by atoms with E-state index in [9.17, 15) is 18.8 Å². The number of hydrogen-bond donors (Lipinski definition) is 4. The first-order valence-corrected chi connectivity index (χ1v) is 19.2. The number of carbonyl (C=O) groups is 3. The number of nitrogens with zero attached hydrogens (tertiary/aromatic N) is 4. The molecule has 3 aliphatic rings. The van der Waals surface area contributed by atoms with Crippen LogP contribution in [0.2, 0.25) is 0 Å². The van der Waals surface area contributed by atoms with Crippen molar-refractivity contribution < 1.29 is 23.5 Å². The van der Waals surface area contributed by atoms with Gasteiger partial charge in [0, 0.05) is 25.2 Å². The Hall–Kier alpha value is -6.11. The monoisotopic (exact) mass is 756 g/mol. The number of methoxy groups -OCH3 is 1. The first-order chi connectivity index (χ1) is 27.2. The van der Waals surface area contributed by atoms with Gasteiger partial charge in [0.05, 0.1) is 42.9 Å². The number of likely N-dealkylation sites (tertiary alicyclic amines) is 1. The highest BCUT2D eigenvalue weighted by Crippen LogP contribution is 2.56. The Morgan fingerprint density at radius 2 is 1.48 bits per heavy atom. The number of nitrogens with one attached hydrogen (secondary N) is 4. The van der Waals surface area contributed by atoms with Gasteiger partial charge in [-0.2, -0.15) is 4.39 Å². The van der Waals surface area contributed by atoms with Gasteiger partial charge in [0.15, 0.2) is 0 Å². The fourth-order valence-electron chi connectivity index (χ4n) is 8.92. The van der Waals surface area contributed by atoms with E-state index in [-0.39, 0.29) is 29.7 Å². The third-order valence-corrected chi connectivity index (χ3v) is 11.7. The van der Waals surface area contributed by atoms with Crippen LogP contribution in [0.25, 0.3) is 33.6 Å². The molecule has 2 saturated carbocycles. The molecule has 0 unspecified atom stereocenters. The molecule has 6 atom stereocenters. The first-order valence-electron chi connectivity index (χ1n) is 19.2. The van der Waals surface area contributed by atoms with E-state index in [1.165, 1.54) is 19.4 Å². The summed E-state index contributed by atoms with van der Waals surface area (Å²) in [4.78, 5) is 60.8. The highest BCUT2D eigenvalue weighted by atomic mass is 19.1. The summed E-state index contributed by atoms with van der Waals surface area (Å²) in [5, 5.41) is 5.67. The smallest absolute Gasteiger partial charge is 0.407 e. The Labute approximate surface area is 324 Å². The molecule has 0 radical (unpaired) electrons. The van der Waals surface area contributed by atoms with Gasteiger partial charge in [-0.05, 0) is 90.3 Å². The molecule has 3 fully saturated rings. The molecule has 2 bridgehead atoms. The molecule has 1 saturated heterocycles. The van der Waals surface area contributed by atoms with E-state index in [1.54, 1.807) is 24.1 Å². The maximum Gasteiger partial charge on any atom is 0.407 e. The molecule has 1 aliphatic heterocycles. The van der Waals surface area contributed by atoms with Gasteiger partial charge in [-0.25, -0.2) is 19.7 Å². The SMILES string of the molecule is C=C(C)[C@H](NC(=O)OC)C(=O)N1CCC[C@H]1c1ncc(-c2ccc(-c3ccc(-c4cnc([C@@H]5[C@H]6CC[C@H](C6)[C@H]5C(=O)NCc5ccc(F)nc5)[nH]4)cc3)cc2)[nH]1. The predicted molar refractivity (Wildman–Crippen MR) is 208 cm³/mol. The van der Waals surface area contributed by atoms with Crippen molar-refractivity contribution in [3.8, 4) is 33.6 Å². The molecule has 13 heteroatoms. The number of rotatable bonds is 11. The average molecular weight is 757 g/mol. The summed E-state index contributed by atoms with van der Waals surface area (Å²) in [6.45, 7) is 6.48. The summed E-state index contributed by atoms with van der Waals surface area (Å²) in [6, 6.07) is 18.4. The highest BCUT2D eigenvalue weighted by molar-refractivity contribution is 5.89. The van der Waals surface area contributed by atoms with Crippen LogP contribution in [0, 0.1) is 23.7 Å². The number of ether oxygens (including phenoxy) is 1. The van der Waals surface area contributed by atoms with E-state index in [0.29, 0.717) is 36.3 Å². The van der Waals surface area contributed by atoms with Gasteiger partial charge >= 0.3 is 6.09 Å². The van der Waals surface area contributed by atoms with Gasteiger partial charge in [-0.15, -0.1) is 0 Å². The van der Waals surface area contributed by atoms with Gasteiger partial charge in [0.25, 0.3) is 0 Å². The summed E-state index contributed by atoms with van der Waals surface area (Å²) in [7, 11) is 1.26. The number of halogens is 1. The zero-order valence-electron chi connectivity index (χ0n) is 31.4. The molecule has 8 rings (SSSR count). The minimum Gasteiger partial charge on any atom is -0.453 e. The zero-order chi connectivity index (χ0) is 38.9. The van der Waals surface area contributed by atoms with Crippen LogP contribution in [0.3, 0.4) is 0 Å². The van der Waals surface area contributed by atoms with Crippen molar-refractivity contribution in [2.75, 3.05) is 13.7 Å². The molecule has 2 aliphatic carbocycles. The van der Waals surface area contributed by atoms with Crippen LogP contribution >= 0.6 is 0 Å². The van der Waals surface area contributed by atoms with Gasteiger partial charge in [-0.1, -0.05) is 61.2 Å². The number of imidazole rings is 2. The molecule has 12 nitrogen and oxygen atoms in total. The fourth-order valence-corrected chi connectivity index (χ4v) is 8.92. The molecule has 288 valence electrons. The highest BCUT2D eigenvalue weighted by Gasteiger charge is 2.52. The van der Waals surface area contributed by atoms with E-state index in [2.05, 4.69) is 85.7 Å². The Morgan fingerprint density at radius 1 is 0.857 bits per heavy atom. The molecule has 2 aromatic carbocycles. The zero-order valence-corrected chi connectivity index (χ0v) is 31.4. The number of aromatic nitrogens is 5. The number of alkyl carbamates (subject to hydrolysis) is 1. The predicted octanol–water partition coefficient (Wildman–Crippen LogP) is 7.08. The summed E-state index contributed by atoms with van der Waals surface area (Å²) in [5.41, 5.74) is 7.16. The second-order valence-corrected chi connectivity index (χ2v) is 15.2. The second-order valence-electron chi connectivity index (χ2n) is 15.2. The van der Waals surface area contributed by atoms with Crippen molar-refractivity contribution in [2.45, 2.75) is 63.6 Å². The number of H-pyrrole nitrogens is 2. The molecule has 3 aromatic heterocycles. The van der Waals surface area contributed by atoms with Crippen molar-refractivity contribution in [2.24, 2.45) is 17.8 Å². The number of pyridine rings is 1. The molecule has 56 heavy (non-hydrogen) atoms. The maximum absolute atomic E-state index is 13.5. The minimum atomic E-state index is -0.879. The third-order valence-electron chi connectivity index (χ3n) is 11.7. The number of benzene rings is 2. The molecule has 3 amide bonds. The number of fused-ring (bicyclic) bond motifs is 2. The number of carbonyl (C=O) groups excluding carboxylic acids is 3. The second kappa shape index (κ2) is 15.6. The van der Waals surface area contributed by atoms with Crippen molar-refractivity contribution >= 4 is 17.9 Å². The molecule has 4 N–H and O–H groups in total. The standard InChI is InChI=1S/C43H45FN8O4/c1-24(2)38(51-43(55)56-3)42(54)52-18-4-5-34(52)39-46-22-32(49-39)28-11-7-26(8-12-28)27-9-13-29(14-10-27)33-23-47-40(50-33)36-30-15-16-31(19-30)37(36)41(53)48-21-25-6-17-35(44)45-20-25/h6-14,17,20,22-23,30-31,34,36-38H,1,4-5,15-16,18-19,21H2,2-3H3,(H,46,49)(H,47,50)(H,48,53)(H,51,55)/t30-,31+,34-,36+,37+,38-/m0/s1. The Balaban J connectivity index is 0.916. The van der Waals surface area contributed by atoms with E-state index >= 15 is 0 Å². The van der Waals surface area contributed by atoms with Gasteiger partial charge in [0.2, 0.25) is 17.8 Å². The third kappa shape index (κ3) is 7.33. The van der Waals surface area contributed by atoms with E-state index in [4.69, 9.17) is 9.72 Å². The van der Waals surface area contributed by atoms with Crippen LogP contribution in [-0.2, 0) is 20.9 Å². The van der Waals surface area contributed by atoms with Crippen molar-refractivity contribution in [1.82, 2.24) is 40.5 Å². The lowest BCUT2D eigenvalue weighted by molar-refractivity contribution is -0.133. The van der Waals surface area contributed by atoms with Gasteiger partial charge in [-0.3, -0.25) is 9.59 Å². The fraction of sp³-hybridized carbons (Fsp3) is 0.349. The van der Waals surface area contributed by atoms with Crippen molar-refractivity contribution in [3.63, 3.8) is 0 Å². The maximum atomic E-state index is 13.5. The van der Waals surface area contributed by atoms with Gasteiger partial charge in [0.1, 0.15) is 17.7 Å². The average Bonchev–Trinajstić information content (AvgIpc) is 4.08. The molecule has 0 spiro atoms. The largest absolute Gasteiger partial charge is 0.453 e. The van der Waals surface area contributed by atoms with E-state index < -0.39 is 18.1 Å².